The minimum Gasteiger partial charge on any atom is -0.489 e. The fourth-order valence-corrected chi connectivity index (χ4v) is 1.30. The second-order valence-electron chi connectivity index (χ2n) is 3.78. The number of nitrogen functional groups attached to an aromatic ring is 1. The summed E-state index contributed by atoms with van der Waals surface area (Å²) in [5.41, 5.74) is 6.79. The number of anilines is 1. The van der Waals surface area contributed by atoms with Crippen molar-refractivity contribution in [2.24, 2.45) is 0 Å². The third-order valence-corrected chi connectivity index (χ3v) is 1.97. The fraction of sp³-hybridized carbons (Fsp3) is 0.417. The Morgan fingerprint density at radius 2 is 2.12 bits per heavy atom. The Morgan fingerprint density at radius 3 is 2.62 bits per heavy atom. The summed E-state index contributed by atoms with van der Waals surface area (Å²) in [6.45, 7) is 3.90. The van der Waals surface area contributed by atoms with Crippen molar-refractivity contribution in [3.63, 3.8) is 0 Å². The van der Waals surface area contributed by atoms with Crippen molar-refractivity contribution in [1.82, 2.24) is 0 Å². The molecule has 4 nitrogen and oxygen atoms in total. The Hall–Kier alpha value is -1.55. The first kappa shape index (κ1) is 12.5. The average molecular weight is 223 g/mol. The van der Waals surface area contributed by atoms with Gasteiger partial charge in [0, 0.05) is 12.7 Å². The molecule has 1 aromatic carbocycles. The number of benzene rings is 1. The summed E-state index contributed by atoms with van der Waals surface area (Å²) in [6.07, 6.45) is 0.0582. The van der Waals surface area contributed by atoms with Crippen LogP contribution in [-0.4, -0.2) is 25.6 Å². The van der Waals surface area contributed by atoms with Crippen LogP contribution in [0.1, 0.15) is 24.2 Å². The van der Waals surface area contributed by atoms with Crippen LogP contribution < -0.4 is 10.5 Å². The van der Waals surface area contributed by atoms with Gasteiger partial charge in [0.15, 0.2) is 5.78 Å². The number of nitrogens with two attached hydrogens (primary N) is 1. The summed E-state index contributed by atoms with van der Waals surface area (Å²) in [4.78, 5) is 11.5. The maximum absolute atomic E-state index is 11.5. The minimum absolute atomic E-state index is 0.0582. The zero-order valence-electron chi connectivity index (χ0n) is 9.82. The van der Waals surface area contributed by atoms with Gasteiger partial charge < -0.3 is 15.2 Å². The van der Waals surface area contributed by atoms with Crippen LogP contribution >= 0.6 is 0 Å². The summed E-state index contributed by atoms with van der Waals surface area (Å²) in [5.74, 6) is 0.509. The second-order valence-corrected chi connectivity index (χ2v) is 3.78. The van der Waals surface area contributed by atoms with Gasteiger partial charge in [0.05, 0.1) is 11.8 Å². The van der Waals surface area contributed by atoms with Gasteiger partial charge in [-0.25, -0.2) is 0 Å². The molecule has 4 heteroatoms. The molecule has 16 heavy (non-hydrogen) atoms. The molecule has 0 aromatic heterocycles. The highest BCUT2D eigenvalue weighted by Crippen LogP contribution is 2.23. The number of ether oxygens (including phenoxy) is 2. The molecule has 0 amide bonds. The van der Waals surface area contributed by atoms with E-state index in [1.54, 1.807) is 18.2 Å². The first-order chi connectivity index (χ1) is 7.54. The second kappa shape index (κ2) is 5.51. The fourth-order valence-electron chi connectivity index (χ4n) is 1.30. The molecule has 1 rings (SSSR count). The first-order valence-electron chi connectivity index (χ1n) is 5.13. The van der Waals surface area contributed by atoms with Crippen molar-refractivity contribution in [3.8, 4) is 5.75 Å². The van der Waals surface area contributed by atoms with E-state index in [4.69, 9.17) is 15.2 Å². The van der Waals surface area contributed by atoms with Crippen LogP contribution in [-0.2, 0) is 4.74 Å². The van der Waals surface area contributed by atoms with Gasteiger partial charge in [0.25, 0.3) is 0 Å². The first-order valence-corrected chi connectivity index (χ1v) is 5.13. The van der Waals surface area contributed by atoms with Gasteiger partial charge in [0.1, 0.15) is 12.4 Å². The zero-order chi connectivity index (χ0) is 12.1. The van der Waals surface area contributed by atoms with Crippen LogP contribution in [0.25, 0.3) is 0 Å². The molecule has 0 saturated carbocycles. The van der Waals surface area contributed by atoms with Gasteiger partial charge in [0.2, 0.25) is 0 Å². The van der Waals surface area contributed by atoms with E-state index < -0.39 is 0 Å². The quantitative estimate of drug-likeness (QED) is 0.611. The van der Waals surface area contributed by atoms with Crippen LogP contribution in [0.5, 0.6) is 5.75 Å². The number of ketones is 1. The largest absolute Gasteiger partial charge is 0.489 e. The van der Waals surface area contributed by atoms with Crippen molar-refractivity contribution < 1.29 is 14.3 Å². The lowest BCUT2D eigenvalue weighted by molar-refractivity contribution is 0.0848. The van der Waals surface area contributed by atoms with Gasteiger partial charge in [-0.1, -0.05) is 0 Å². The molecular formula is C12H17NO3. The Labute approximate surface area is 95.3 Å². The van der Waals surface area contributed by atoms with Crippen molar-refractivity contribution in [3.05, 3.63) is 23.8 Å². The standard InChI is InChI=1S/C12H17NO3/c1-8(2)16-12-5-4-9(6-10(12)13)11(14)7-15-3/h4-6,8H,7,13H2,1-3H3. The highest BCUT2D eigenvalue weighted by atomic mass is 16.5. The average Bonchev–Trinajstić information content (AvgIpc) is 2.20. The highest BCUT2D eigenvalue weighted by molar-refractivity contribution is 5.98. The van der Waals surface area contributed by atoms with Crippen molar-refractivity contribution >= 4 is 11.5 Å². The summed E-state index contributed by atoms with van der Waals surface area (Å²) in [5, 5.41) is 0. The predicted octanol–water partition coefficient (Wildman–Crippen LogP) is 1.89. The third-order valence-electron chi connectivity index (χ3n) is 1.97. The number of methoxy groups -OCH3 is 1. The normalized spacial score (nSPS) is 10.5. The van der Waals surface area contributed by atoms with Crippen molar-refractivity contribution in [2.75, 3.05) is 19.5 Å². The van der Waals surface area contributed by atoms with E-state index in [2.05, 4.69) is 0 Å². The summed E-state index contributed by atoms with van der Waals surface area (Å²) in [7, 11) is 1.48. The number of carbonyl (C=O) groups is 1. The van der Waals surface area contributed by atoms with Crippen LogP contribution in [0, 0.1) is 0 Å². The molecule has 0 radical (unpaired) electrons. The van der Waals surface area contributed by atoms with Gasteiger partial charge in [-0.2, -0.15) is 0 Å². The van der Waals surface area contributed by atoms with Crippen molar-refractivity contribution in [1.29, 1.82) is 0 Å². The monoisotopic (exact) mass is 223 g/mol. The van der Waals surface area contributed by atoms with E-state index in [0.717, 1.165) is 0 Å². The van der Waals surface area contributed by atoms with Gasteiger partial charge in [-0.3, -0.25) is 4.79 Å². The number of hydrogen-bond acceptors (Lipinski definition) is 4. The lowest BCUT2D eigenvalue weighted by Crippen LogP contribution is -2.10. The number of Topliss-reactive ketones (excluding diaryl/α,β-unsaturated/α-hetero) is 1. The molecule has 0 atom stereocenters. The molecule has 2 N–H and O–H groups in total. The summed E-state index contributed by atoms with van der Waals surface area (Å²) >= 11 is 0. The third kappa shape index (κ3) is 3.24. The van der Waals surface area contributed by atoms with Crippen LogP contribution in [0.15, 0.2) is 18.2 Å². The Bertz CT molecular complexity index is 375. The van der Waals surface area contributed by atoms with E-state index in [1.165, 1.54) is 7.11 Å². The molecule has 0 spiro atoms. The van der Waals surface area contributed by atoms with E-state index in [-0.39, 0.29) is 18.5 Å². The lowest BCUT2D eigenvalue weighted by atomic mass is 10.1. The molecule has 0 unspecified atom stereocenters. The Balaban J connectivity index is 2.86. The lowest BCUT2D eigenvalue weighted by Gasteiger charge is -2.12. The summed E-state index contributed by atoms with van der Waals surface area (Å²) in [6, 6.07) is 5.01. The van der Waals surface area contributed by atoms with Crippen LogP contribution in [0.2, 0.25) is 0 Å². The van der Waals surface area contributed by atoms with Crippen molar-refractivity contribution in [2.45, 2.75) is 20.0 Å². The maximum atomic E-state index is 11.5. The van der Waals surface area contributed by atoms with Gasteiger partial charge in [-0.05, 0) is 32.0 Å². The maximum Gasteiger partial charge on any atom is 0.188 e. The molecular weight excluding hydrogens is 206 g/mol. The Morgan fingerprint density at radius 1 is 1.44 bits per heavy atom. The number of hydrogen-bond donors (Lipinski definition) is 1. The zero-order valence-corrected chi connectivity index (χ0v) is 9.82. The molecule has 0 saturated heterocycles. The molecule has 0 bridgehead atoms. The SMILES string of the molecule is COCC(=O)c1ccc(OC(C)C)c(N)c1. The van der Waals surface area contributed by atoms with Gasteiger partial charge >= 0.3 is 0 Å². The molecule has 0 aliphatic carbocycles. The predicted molar refractivity (Wildman–Crippen MR) is 62.8 cm³/mol. The highest BCUT2D eigenvalue weighted by Gasteiger charge is 2.09. The summed E-state index contributed by atoms with van der Waals surface area (Å²) < 4.78 is 10.2. The molecule has 1 aromatic rings. The van der Waals surface area contributed by atoms with Crippen LogP contribution in [0.3, 0.4) is 0 Å². The molecule has 0 fully saturated rings. The Kier molecular flexibility index (Phi) is 4.31. The van der Waals surface area contributed by atoms with E-state index in [1.807, 2.05) is 13.8 Å². The number of rotatable bonds is 5. The molecule has 0 aliphatic heterocycles. The topological polar surface area (TPSA) is 61.5 Å². The van der Waals surface area contributed by atoms with Gasteiger partial charge in [-0.15, -0.1) is 0 Å². The van der Waals surface area contributed by atoms with E-state index >= 15 is 0 Å². The van der Waals surface area contributed by atoms with E-state index in [9.17, 15) is 4.79 Å². The number of carbonyl (C=O) groups excluding carboxylic acids is 1. The van der Waals surface area contributed by atoms with E-state index in [0.29, 0.717) is 17.0 Å². The van der Waals surface area contributed by atoms with Crippen LogP contribution in [0.4, 0.5) is 5.69 Å². The molecule has 0 aliphatic rings. The molecule has 0 heterocycles. The minimum atomic E-state index is -0.0923. The smallest absolute Gasteiger partial charge is 0.188 e. The molecule has 88 valence electrons.